The second-order valence-electron chi connectivity index (χ2n) is 13.5. The van der Waals surface area contributed by atoms with E-state index in [1.165, 1.54) is 12.3 Å². The van der Waals surface area contributed by atoms with Crippen LogP contribution < -0.4 is 49.5 Å². The molecule has 2 aromatic rings. The van der Waals surface area contributed by atoms with Crippen molar-refractivity contribution in [2.24, 2.45) is 28.8 Å². The molecular weight excluding hydrogens is 802 g/mol. The third-order valence-electron chi connectivity index (χ3n) is 8.59. The number of ether oxygens (including phenoxy) is 3. The van der Waals surface area contributed by atoms with Crippen LogP contribution in [-0.2, 0) is 19.9 Å². The number of rotatable bonds is 29. The number of carbonyl (C=O) groups excluding carboxylic acids is 2. The predicted octanol–water partition coefficient (Wildman–Crippen LogP) is 0.481. The maximum atomic E-state index is 13.6. The van der Waals surface area contributed by atoms with E-state index < -0.39 is 43.5 Å². The molecule has 0 aliphatic rings. The van der Waals surface area contributed by atoms with E-state index in [2.05, 4.69) is 16.0 Å². The second-order valence-corrected chi connectivity index (χ2v) is 15.4. The Hall–Kier alpha value is -4.15. The van der Waals surface area contributed by atoms with Crippen LogP contribution in [-0.4, -0.2) is 128 Å². The summed E-state index contributed by atoms with van der Waals surface area (Å²) in [6, 6.07) is 9.42. The quantitative estimate of drug-likeness (QED) is 0.0174. The first kappa shape index (κ1) is 51.0. The maximum Gasteiger partial charge on any atom is 0.423 e. The summed E-state index contributed by atoms with van der Waals surface area (Å²) in [4.78, 5) is 46.7. The summed E-state index contributed by atoms with van der Waals surface area (Å²) in [5, 5.41) is 29.2. The first-order valence-corrected chi connectivity index (χ1v) is 20.5. The number of aromatic carboxylic acids is 1. The Labute approximate surface area is 342 Å². The number of aliphatic hydroxyl groups is 1. The van der Waals surface area contributed by atoms with Crippen molar-refractivity contribution >= 4 is 25.9 Å². The van der Waals surface area contributed by atoms with Crippen LogP contribution in [0, 0.1) is 0 Å². The summed E-state index contributed by atoms with van der Waals surface area (Å²) in [5.41, 5.74) is 19.2. The molecule has 0 aliphatic carbocycles. The van der Waals surface area contributed by atoms with Crippen molar-refractivity contribution in [2.75, 3.05) is 78.1 Å². The molecule has 0 fully saturated rings. The van der Waals surface area contributed by atoms with Crippen molar-refractivity contribution in [1.82, 2.24) is 21.0 Å². The zero-order valence-corrected chi connectivity index (χ0v) is 34.0. The molecule has 0 spiro atoms. The lowest BCUT2D eigenvalue weighted by Gasteiger charge is -2.28. The molecule has 22 heteroatoms. The molecule has 2 rings (SSSR count). The number of alkyl halides is 3. The Morgan fingerprint density at radius 3 is 2.34 bits per heavy atom. The summed E-state index contributed by atoms with van der Waals surface area (Å²) >= 11 is 0. The number of aliphatic hydroxyl groups excluding tert-OH is 1. The fraction of sp³-hybridized carbons (Fsp3) is 0.541. The van der Waals surface area contributed by atoms with Gasteiger partial charge in [-0.25, -0.2) is 10.6 Å². The Morgan fingerprint density at radius 2 is 1.66 bits per heavy atom. The minimum Gasteiger partial charge on any atom is -0.490 e. The van der Waals surface area contributed by atoms with Gasteiger partial charge in [-0.2, -0.15) is 13.2 Å². The second kappa shape index (κ2) is 26.1. The summed E-state index contributed by atoms with van der Waals surface area (Å²) in [7, 11) is -1.45. The number of nitrogens with one attached hydrogen (secondary N) is 3. The van der Waals surface area contributed by atoms with Gasteiger partial charge in [0.15, 0.2) is 5.66 Å². The minimum atomic E-state index is -5.00. The average Bonchev–Trinajstić information content (AvgIpc) is 3.18. The number of carboxylic acids is 1. The zero-order valence-electron chi connectivity index (χ0n) is 33.1. The van der Waals surface area contributed by atoms with Crippen LogP contribution in [0.1, 0.15) is 64.1 Å². The van der Waals surface area contributed by atoms with Gasteiger partial charge in [0.2, 0.25) is 5.91 Å². The molecular formula is C37H59F3N9O9P. The summed E-state index contributed by atoms with van der Waals surface area (Å²) in [6.07, 6.45) is -1.97. The van der Waals surface area contributed by atoms with Crippen LogP contribution in [0.5, 0.6) is 5.75 Å². The molecule has 2 aromatic carbocycles. The zero-order chi connectivity index (χ0) is 44.0. The monoisotopic (exact) mass is 861 g/mol. The number of hydrogen-bond acceptors (Lipinski definition) is 15. The number of halogens is 3. The Bertz CT molecular complexity index is 1640. The molecule has 0 bridgehead atoms. The molecule has 0 saturated carbocycles. The molecule has 0 aromatic heterocycles. The number of hydrogen-bond donors (Lipinski definition) is 11. The van der Waals surface area contributed by atoms with Crippen molar-refractivity contribution in [3.8, 4) is 5.75 Å². The third-order valence-corrected chi connectivity index (χ3v) is 10.3. The van der Waals surface area contributed by atoms with E-state index in [1.807, 2.05) is 6.92 Å². The van der Waals surface area contributed by atoms with Crippen LogP contribution in [0.4, 0.5) is 13.2 Å². The van der Waals surface area contributed by atoms with Gasteiger partial charge in [-0.15, -0.1) is 0 Å². The predicted molar refractivity (Wildman–Crippen MR) is 216 cm³/mol. The van der Waals surface area contributed by atoms with Crippen LogP contribution in [0.25, 0.3) is 0 Å². The lowest BCUT2D eigenvalue weighted by Crippen LogP contribution is -2.57. The van der Waals surface area contributed by atoms with Crippen molar-refractivity contribution in [1.29, 1.82) is 0 Å². The molecule has 332 valence electrons. The van der Waals surface area contributed by atoms with Crippen molar-refractivity contribution in [3.63, 3.8) is 0 Å². The van der Waals surface area contributed by atoms with Crippen LogP contribution in [0.2, 0.25) is 0 Å². The molecule has 0 radical (unpaired) electrons. The molecule has 3 unspecified atom stereocenters. The first-order valence-electron chi connectivity index (χ1n) is 18.8. The Balaban J connectivity index is 1.75. The fourth-order valence-electron chi connectivity index (χ4n) is 5.24. The van der Waals surface area contributed by atoms with Gasteiger partial charge in [0.1, 0.15) is 18.9 Å². The van der Waals surface area contributed by atoms with E-state index >= 15 is 0 Å². The van der Waals surface area contributed by atoms with E-state index in [-0.39, 0.29) is 101 Å². The van der Waals surface area contributed by atoms with E-state index in [4.69, 9.17) is 43.0 Å². The molecule has 18 nitrogen and oxygen atoms in total. The normalized spacial score (nSPS) is 13.7. The molecule has 59 heavy (non-hydrogen) atoms. The summed E-state index contributed by atoms with van der Waals surface area (Å²) in [5.74, 6) is 3.48. The van der Waals surface area contributed by atoms with Crippen molar-refractivity contribution < 1.29 is 56.9 Å². The van der Waals surface area contributed by atoms with Crippen LogP contribution in [0.3, 0.4) is 0 Å². The molecule has 0 heterocycles. The minimum absolute atomic E-state index is 0.00403. The highest BCUT2D eigenvalue weighted by Crippen LogP contribution is 2.35. The summed E-state index contributed by atoms with van der Waals surface area (Å²) < 4.78 is 57.3. The first-order chi connectivity index (χ1) is 27.8. The Morgan fingerprint density at radius 1 is 0.966 bits per heavy atom. The van der Waals surface area contributed by atoms with E-state index in [1.54, 1.807) is 18.2 Å². The molecule has 0 aliphatic heterocycles. The number of hydrazine groups is 1. The topological polar surface area (TPSA) is 309 Å². The lowest BCUT2D eigenvalue weighted by molar-refractivity contribution is -0.188. The van der Waals surface area contributed by atoms with Gasteiger partial charge in [-0.3, -0.25) is 9.59 Å². The van der Waals surface area contributed by atoms with Gasteiger partial charge in [-0.05, 0) is 61.3 Å². The number of carboxylic acid groups (broad SMARTS) is 1. The largest absolute Gasteiger partial charge is 0.490 e. The Kier molecular flexibility index (Phi) is 22.6. The highest BCUT2D eigenvalue weighted by Gasteiger charge is 2.50. The SMILES string of the molecule is CC(NCC(O)CP(O)CCCCCNC(=O)c1ccc(C(N)(N)C(F)(F)F)cc1OCCOCCOCCNC(=O)CN(N)/C=C(\N)CN)c1cccc(C(=O)O)c1. The molecule has 0 saturated heterocycles. The van der Waals surface area contributed by atoms with E-state index in [0.29, 0.717) is 31.1 Å². The van der Waals surface area contributed by atoms with Crippen LogP contribution >= 0.6 is 8.15 Å². The van der Waals surface area contributed by atoms with Crippen LogP contribution in [0.15, 0.2) is 54.4 Å². The maximum absolute atomic E-state index is 13.6. The van der Waals surface area contributed by atoms with Gasteiger partial charge in [0.25, 0.3) is 5.91 Å². The number of benzene rings is 2. The summed E-state index contributed by atoms with van der Waals surface area (Å²) in [6.45, 7) is 2.80. The van der Waals surface area contributed by atoms with Gasteiger partial charge in [0.05, 0.1) is 43.7 Å². The molecule has 2 amide bonds. The number of nitrogens with zero attached hydrogens (tertiary/aromatic N) is 1. The van der Waals surface area contributed by atoms with E-state index in [0.717, 1.165) is 28.8 Å². The number of carbonyl (C=O) groups is 3. The molecule has 16 N–H and O–H groups in total. The van der Waals surface area contributed by atoms with Gasteiger partial charge in [-0.1, -0.05) is 24.6 Å². The standard InChI is InChI=1S/C37H59F3N9O9P/c1-25(26-6-5-7-27(18-26)35(53)54)48-21-30(50)24-59(55)17-4-2-3-10-47-34(52)31-9-8-28(36(43,44)37(38,39)40)19-32(31)58-16-15-57-14-13-56-12-11-46-33(51)23-49(45)22-29(42)20-41/h5-9,18-19,22,25,30,48,50,55H,2-4,10-17,20-21,23-24,41-45H2,1H3,(H,46,51)(H,47,52)(H,53,54)/b29-22-. The lowest BCUT2D eigenvalue weighted by atomic mass is 9.98. The fourth-order valence-corrected chi connectivity index (χ4v) is 6.63. The van der Waals surface area contributed by atoms with E-state index in [9.17, 15) is 42.7 Å². The smallest absolute Gasteiger partial charge is 0.423 e. The highest BCUT2D eigenvalue weighted by molar-refractivity contribution is 7.51. The van der Waals surface area contributed by atoms with Gasteiger partial charge >= 0.3 is 12.1 Å². The average molecular weight is 862 g/mol. The third kappa shape index (κ3) is 19.2. The van der Waals surface area contributed by atoms with Crippen molar-refractivity contribution in [2.45, 2.75) is 50.2 Å². The number of amides is 2. The number of nitrogens with two attached hydrogens (primary N) is 5. The highest BCUT2D eigenvalue weighted by atomic mass is 31.1. The number of unbranched alkanes of at least 4 members (excludes halogenated alkanes) is 2. The van der Waals surface area contributed by atoms with Gasteiger partial charge < -0.3 is 73.2 Å². The van der Waals surface area contributed by atoms with Crippen molar-refractivity contribution in [3.05, 3.63) is 76.6 Å². The molecule has 3 atom stereocenters. The van der Waals surface area contributed by atoms with Gasteiger partial charge in [0, 0.05) is 58.4 Å².